The second-order valence-corrected chi connectivity index (χ2v) is 4.79. The zero-order valence-electron chi connectivity index (χ0n) is 11.1. The van der Waals surface area contributed by atoms with E-state index in [-0.39, 0.29) is 12.2 Å². The standard InChI is InChI=1S/C13H26N2O/c1-5-8-9-11-13(16)15(10(4)6-2)12(7-3)14-11/h10-12,14H,5-9H2,1-4H3. The number of rotatable bonds is 6. The normalized spacial score (nSPS) is 27.5. The monoisotopic (exact) mass is 226 g/mol. The highest BCUT2D eigenvalue weighted by Gasteiger charge is 2.39. The highest BCUT2D eigenvalue weighted by atomic mass is 16.2. The molecule has 3 nitrogen and oxygen atoms in total. The first-order valence-electron chi connectivity index (χ1n) is 6.73. The summed E-state index contributed by atoms with van der Waals surface area (Å²) in [5.74, 6) is 0.314. The van der Waals surface area contributed by atoms with Crippen molar-refractivity contribution in [2.24, 2.45) is 0 Å². The Kier molecular flexibility index (Phi) is 5.26. The van der Waals surface area contributed by atoms with Gasteiger partial charge in [-0.2, -0.15) is 0 Å². The van der Waals surface area contributed by atoms with Crippen molar-refractivity contribution in [2.45, 2.75) is 78.0 Å². The number of carbonyl (C=O) groups is 1. The zero-order chi connectivity index (χ0) is 12.1. The number of carbonyl (C=O) groups excluding carboxylic acids is 1. The van der Waals surface area contributed by atoms with Gasteiger partial charge in [0.05, 0.1) is 12.2 Å². The molecule has 1 N–H and O–H groups in total. The third kappa shape index (κ3) is 2.76. The molecule has 0 aromatic heterocycles. The largest absolute Gasteiger partial charge is 0.323 e. The van der Waals surface area contributed by atoms with Gasteiger partial charge in [-0.15, -0.1) is 0 Å². The summed E-state index contributed by atoms with van der Waals surface area (Å²) in [5.41, 5.74) is 0. The zero-order valence-corrected chi connectivity index (χ0v) is 11.1. The number of unbranched alkanes of at least 4 members (excludes halogenated alkanes) is 1. The lowest BCUT2D eigenvalue weighted by Crippen LogP contribution is -2.42. The summed E-state index contributed by atoms with van der Waals surface area (Å²) in [6, 6.07) is 0.426. The lowest BCUT2D eigenvalue weighted by atomic mass is 10.1. The number of hydrogen-bond acceptors (Lipinski definition) is 2. The van der Waals surface area contributed by atoms with E-state index in [0.717, 1.165) is 32.1 Å². The van der Waals surface area contributed by atoms with E-state index in [0.29, 0.717) is 11.9 Å². The summed E-state index contributed by atoms with van der Waals surface area (Å²) in [6.45, 7) is 8.60. The maximum atomic E-state index is 12.2. The molecule has 0 aliphatic carbocycles. The van der Waals surface area contributed by atoms with Crippen molar-refractivity contribution >= 4 is 5.91 Å². The second kappa shape index (κ2) is 6.24. The summed E-state index contributed by atoms with van der Waals surface area (Å²) in [6.07, 6.45) is 5.56. The topological polar surface area (TPSA) is 32.3 Å². The Morgan fingerprint density at radius 1 is 1.38 bits per heavy atom. The van der Waals surface area contributed by atoms with E-state index < -0.39 is 0 Å². The molecule has 1 saturated heterocycles. The molecule has 1 fully saturated rings. The Labute approximate surface area is 99.6 Å². The Morgan fingerprint density at radius 2 is 2.06 bits per heavy atom. The van der Waals surface area contributed by atoms with Crippen LogP contribution in [-0.4, -0.2) is 29.1 Å². The van der Waals surface area contributed by atoms with Gasteiger partial charge in [-0.25, -0.2) is 0 Å². The Balaban J connectivity index is 2.65. The van der Waals surface area contributed by atoms with Crippen molar-refractivity contribution in [3.05, 3.63) is 0 Å². The van der Waals surface area contributed by atoms with Crippen LogP contribution in [0, 0.1) is 0 Å². The lowest BCUT2D eigenvalue weighted by Gasteiger charge is -2.29. The van der Waals surface area contributed by atoms with Crippen LogP contribution in [0.3, 0.4) is 0 Å². The third-order valence-corrected chi connectivity index (χ3v) is 3.58. The van der Waals surface area contributed by atoms with Gasteiger partial charge < -0.3 is 4.90 Å². The minimum absolute atomic E-state index is 0.0684. The number of hydrogen-bond donors (Lipinski definition) is 1. The Morgan fingerprint density at radius 3 is 2.56 bits per heavy atom. The van der Waals surface area contributed by atoms with Crippen LogP contribution in [-0.2, 0) is 4.79 Å². The minimum atomic E-state index is 0.0684. The fourth-order valence-corrected chi connectivity index (χ4v) is 2.37. The van der Waals surface area contributed by atoms with Gasteiger partial charge in [-0.1, -0.05) is 33.6 Å². The van der Waals surface area contributed by atoms with E-state index in [1.54, 1.807) is 0 Å². The maximum absolute atomic E-state index is 12.2. The summed E-state index contributed by atoms with van der Waals surface area (Å²) < 4.78 is 0. The molecule has 3 heteroatoms. The molecular formula is C13H26N2O. The molecule has 1 heterocycles. The average Bonchev–Trinajstić information content (AvgIpc) is 2.62. The first-order valence-corrected chi connectivity index (χ1v) is 6.73. The van der Waals surface area contributed by atoms with Gasteiger partial charge >= 0.3 is 0 Å². The Hall–Kier alpha value is -0.570. The maximum Gasteiger partial charge on any atom is 0.241 e. The number of amides is 1. The van der Waals surface area contributed by atoms with Gasteiger partial charge in [0.25, 0.3) is 0 Å². The number of nitrogens with zero attached hydrogens (tertiary/aromatic N) is 1. The van der Waals surface area contributed by atoms with Gasteiger partial charge in [0.1, 0.15) is 0 Å². The van der Waals surface area contributed by atoms with E-state index in [9.17, 15) is 4.79 Å². The fourth-order valence-electron chi connectivity index (χ4n) is 2.37. The average molecular weight is 226 g/mol. The van der Waals surface area contributed by atoms with Crippen molar-refractivity contribution in [2.75, 3.05) is 0 Å². The van der Waals surface area contributed by atoms with Gasteiger partial charge in [0.15, 0.2) is 0 Å². The van der Waals surface area contributed by atoms with Gasteiger partial charge in [-0.05, 0) is 26.2 Å². The molecule has 0 saturated carbocycles. The SMILES string of the molecule is CCCCC1NC(CC)N(C(C)CC)C1=O. The van der Waals surface area contributed by atoms with Crippen molar-refractivity contribution in [1.29, 1.82) is 0 Å². The van der Waals surface area contributed by atoms with Gasteiger partial charge in [0, 0.05) is 6.04 Å². The smallest absolute Gasteiger partial charge is 0.241 e. The second-order valence-electron chi connectivity index (χ2n) is 4.79. The summed E-state index contributed by atoms with van der Waals surface area (Å²) >= 11 is 0. The molecule has 0 aromatic carbocycles. The van der Waals surface area contributed by atoms with E-state index in [1.165, 1.54) is 0 Å². The van der Waals surface area contributed by atoms with Crippen LogP contribution in [0.1, 0.15) is 59.8 Å². The molecule has 3 atom stereocenters. The van der Waals surface area contributed by atoms with Crippen LogP contribution in [0.4, 0.5) is 0 Å². The molecular weight excluding hydrogens is 200 g/mol. The van der Waals surface area contributed by atoms with Crippen LogP contribution < -0.4 is 5.32 Å². The minimum Gasteiger partial charge on any atom is -0.323 e. The Bertz CT molecular complexity index is 230. The molecule has 0 spiro atoms. The summed E-state index contributed by atoms with van der Waals surface area (Å²) in [7, 11) is 0. The van der Waals surface area contributed by atoms with Crippen LogP contribution in [0.5, 0.6) is 0 Å². The highest BCUT2D eigenvalue weighted by Crippen LogP contribution is 2.21. The van der Waals surface area contributed by atoms with E-state index in [1.807, 2.05) is 0 Å². The van der Waals surface area contributed by atoms with Crippen LogP contribution in [0.25, 0.3) is 0 Å². The molecule has 0 bridgehead atoms. The molecule has 16 heavy (non-hydrogen) atoms. The molecule has 1 aliphatic rings. The molecule has 1 aliphatic heterocycles. The molecule has 1 amide bonds. The first-order chi connectivity index (χ1) is 7.65. The van der Waals surface area contributed by atoms with E-state index in [2.05, 4.69) is 37.9 Å². The predicted octanol–water partition coefficient (Wildman–Crippen LogP) is 2.51. The van der Waals surface area contributed by atoms with Crippen LogP contribution >= 0.6 is 0 Å². The van der Waals surface area contributed by atoms with Crippen molar-refractivity contribution in [3.8, 4) is 0 Å². The van der Waals surface area contributed by atoms with Crippen LogP contribution in [0.15, 0.2) is 0 Å². The van der Waals surface area contributed by atoms with E-state index in [4.69, 9.17) is 0 Å². The van der Waals surface area contributed by atoms with Gasteiger partial charge in [0.2, 0.25) is 5.91 Å². The molecule has 94 valence electrons. The quantitative estimate of drug-likeness (QED) is 0.754. The summed E-state index contributed by atoms with van der Waals surface area (Å²) in [4.78, 5) is 14.3. The lowest BCUT2D eigenvalue weighted by molar-refractivity contribution is -0.132. The van der Waals surface area contributed by atoms with E-state index >= 15 is 0 Å². The third-order valence-electron chi connectivity index (χ3n) is 3.58. The predicted molar refractivity (Wildman–Crippen MR) is 67.1 cm³/mol. The van der Waals surface area contributed by atoms with Crippen molar-refractivity contribution in [3.63, 3.8) is 0 Å². The summed E-state index contributed by atoms with van der Waals surface area (Å²) in [5, 5.41) is 3.47. The van der Waals surface area contributed by atoms with Crippen molar-refractivity contribution in [1.82, 2.24) is 10.2 Å². The first kappa shape index (κ1) is 13.5. The molecule has 1 rings (SSSR count). The molecule has 0 aromatic rings. The fraction of sp³-hybridized carbons (Fsp3) is 0.923. The number of nitrogens with one attached hydrogen (secondary N) is 1. The highest BCUT2D eigenvalue weighted by molar-refractivity contribution is 5.84. The molecule has 0 radical (unpaired) electrons. The van der Waals surface area contributed by atoms with Gasteiger partial charge in [-0.3, -0.25) is 10.1 Å². The van der Waals surface area contributed by atoms with Crippen molar-refractivity contribution < 1.29 is 4.79 Å². The molecule has 3 unspecified atom stereocenters. The van der Waals surface area contributed by atoms with Crippen LogP contribution in [0.2, 0.25) is 0 Å².